The molecule has 0 spiro atoms. The molecule has 6 nitrogen and oxygen atoms in total. The summed E-state index contributed by atoms with van der Waals surface area (Å²) in [5.74, 6) is -0.401. The van der Waals surface area contributed by atoms with E-state index >= 15 is 0 Å². The van der Waals surface area contributed by atoms with Crippen LogP contribution in [-0.2, 0) is 25.6 Å². The van der Waals surface area contributed by atoms with Gasteiger partial charge in [0.15, 0.2) is 5.82 Å². The molecule has 132 valence electrons. The van der Waals surface area contributed by atoms with Gasteiger partial charge in [-0.15, -0.1) is 0 Å². The van der Waals surface area contributed by atoms with E-state index in [-0.39, 0.29) is 18.5 Å². The molecule has 0 unspecified atom stereocenters. The van der Waals surface area contributed by atoms with Crippen molar-refractivity contribution in [3.05, 3.63) is 54.1 Å². The van der Waals surface area contributed by atoms with Crippen LogP contribution < -0.4 is 0 Å². The molecule has 1 saturated carbocycles. The Morgan fingerprint density at radius 1 is 1.32 bits per heavy atom. The Labute approximate surface area is 146 Å². The van der Waals surface area contributed by atoms with E-state index in [9.17, 15) is 9.59 Å². The fourth-order valence-electron chi connectivity index (χ4n) is 2.75. The first-order valence-corrected chi connectivity index (χ1v) is 8.52. The summed E-state index contributed by atoms with van der Waals surface area (Å²) in [4.78, 5) is 28.8. The van der Waals surface area contributed by atoms with Gasteiger partial charge in [-0.3, -0.25) is 4.79 Å². The van der Waals surface area contributed by atoms with E-state index in [2.05, 4.69) is 4.98 Å². The third-order valence-electron chi connectivity index (χ3n) is 4.32. The van der Waals surface area contributed by atoms with E-state index in [1.54, 1.807) is 23.9 Å². The standard InChI is InChI=1S/C19H22N2O4/c1-3-24-19(23)16(25-18(22)15-11-13(15)2)17-20-9-10-21(17)12-14-7-5-4-6-8-14/h4-10,13,15-16H,3,11-12H2,1-2H3/t13-,15-,16+/m0/s1. The van der Waals surface area contributed by atoms with Gasteiger partial charge in [0.2, 0.25) is 0 Å². The zero-order valence-electron chi connectivity index (χ0n) is 14.4. The highest BCUT2D eigenvalue weighted by Gasteiger charge is 2.43. The number of esters is 2. The van der Waals surface area contributed by atoms with Crippen molar-refractivity contribution in [3.8, 4) is 0 Å². The molecule has 0 radical (unpaired) electrons. The lowest BCUT2D eigenvalue weighted by Crippen LogP contribution is -2.26. The SMILES string of the molecule is CCOC(=O)[C@H](OC(=O)[C@H]1C[C@@H]1C)c1nccn1Cc1ccccc1. The summed E-state index contributed by atoms with van der Waals surface area (Å²) in [6.07, 6.45) is 3.02. The molecule has 1 aliphatic carbocycles. The van der Waals surface area contributed by atoms with Gasteiger partial charge in [0.25, 0.3) is 6.10 Å². The third-order valence-corrected chi connectivity index (χ3v) is 4.32. The maximum Gasteiger partial charge on any atom is 0.355 e. The van der Waals surface area contributed by atoms with E-state index in [4.69, 9.17) is 9.47 Å². The highest BCUT2D eigenvalue weighted by Crippen LogP contribution is 2.39. The van der Waals surface area contributed by atoms with Gasteiger partial charge in [-0.25, -0.2) is 9.78 Å². The fraction of sp³-hybridized carbons (Fsp3) is 0.421. The van der Waals surface area contributed by atoms with Crippen molar-refractivity contribution in [1.82, 2.24) is 9.55 Å². The summed E-state index contributed by atoms with van der Waals surface area (Å²) >= 11 is 0. The van der Waals surface area contributed by atoms with Crippen molar-refractivity contribution in [3.63, 3.8) is 0 Å². The summed E-state index contributed by atoms with van der Waals surface area (Å²) in [5, 5.41) is 0. The molecule has 1 aromatic heterocycles. The van der Waals surface area contributed by atoms with Gasteiger partial charge < -0.3 is 14.0 Å². The van der Waals surface area contributed by atoms with E-state index in [1.165, 1.54) is 0 Å². The predicted molar refractivity (Wildman–Crippen MR) is 90.5 cm³/mol. The monoisotopic (exact) mass is 342 g/mol. The van der Waals surface area contributed by atoms with Gasteiger partial charge >= 0.3 is 11.9 Å². The zero-order chi connectivity index (χ0) is 17.8. The van der Waals surface area contributed by atoms with Gasteiger partial charge in [-0.1, -0.05) is 37.3 Å². The molecule has 0 bridgehead atoms. The predicted octanol–water partition coefficient (Wildman–Crippen LogP) is 2.73. The number of aromatic nitrogens is 2. The van der Waals surface area contributed by atoms with Crippen molar-refractivity contribution < 1.29 is 19.1 Å². The molecular weight excluding hydrogens is 320 g/mol. The molecule has 3 atom stereocenters. The van der Waals surface area contributed by atoms with Gasteiger partial charge in [-0.2, -0.15) is 0 Å². The van der Waals surface area contributed by atoms with Gasteiger partial charge in [0, 0.05) is 18.9 Å². The summed E-state index contributed by atoms with van der Waals surface area (Å²) < 4.78 is 12.4. The summed E-state index contributed by atoms with van der Waals surface area (Å²) in [6, 6.07) is 9.81. The molecule has 2 aromatic rings. The lowest BCUT2D eigenvalue weighted by Gasteiger charge is -2.18. The van der Waals surface area contributed by atoms with Crippen LogP contribution in [0.3, 0.4) is 0 Å². The Hall–Kier alpha value is -2.63. The van der Waals surface area contributed by atoms with E-state index in [0.717, 1.165) is 12.0 Å². The van der Waals surface area contributed by atoms with Gasteiger partial charge in [-0.05, 0) is 24.8 Å². The van der Waals surface area contributed by atoms with Crippen LogP contribution >= 0.6 is 0 Å². The van der Waals surface area contributed by atoms with Crippen LogP contribution in [0.15, 0.2) is 42.7 Å². The second-order valence-corrected chi connectivity index (χ2v) is 6.29. The molecule has 0 saturated heterocycles. The number of rotatable bonds is 7. The smallest absolute Gasteiger partial charge is 0.355 e. The Balaban J connectivity index is 1.82. The van der Waals surface area contributed by atoms with Gasteiger partial charge in [0.1, 0.15) is 0 Å². The Bertz CT molecular complexity index is 741. The van der Waals surface area contributed by atoms with E-state index < -0.39 is 12.1 Å². The molecule has 1 aliphatic rings. The van der Waals surface area contributed by atoms with E-state index in [1.807, 2.05) is 37.3 Å². The first kappa shape index (κ1) is 17.2. The molecule has 1 fully saturated rings. The second kappa shape index (κ2) is 7.51. The van der Waals surface area contributed by atoms with Crippen LogP contribution in [-0.4, -0.2) is 28.1 Å². The number of carbonyl (C=O) groups is 2. The minimum Gasteiger partial charge on any atom is -0.463 e. The molecule has 25 heavy (non-hydrogen) atoms. The van der Waals surface area contributed by atoms with Crippen LogP contribution in [0.2, 0.25) is 0 Å². The lowest BCUT2D eigenvalue weighted by molar-refractivity contribution is -0.170. The van der Waals surface area contributed by atoms with Crippen LogP contribution in [0.4, 0.5) is 0 Å². The van der Waals surface area contributed by atoms with Crippen LogP contribution in [0.25, 0.3) is 0 Å². The quantitative estimate of drug-likeness (QED) is 0.724. The minimum atomic E-state index is -1.14. The molecule has 0 aliphatic heterocycles. The maximum atomic E-state index is 12.4. The largest absolute Gasteiger partial charge is 0.463 e. The molecule has 0 amide bonds. The first-order valence-electron chi connectivity index (χ1n) is 8.52. The fourth-order valence-corrected chi connectivity index (χ4v) is 2.75. The normalized spacial score (nSPS) is 19.9. The first-order chi connectivity index (χ1) is 12.1. The average Bonchev–Trinajstić information content (AvgIpc) is 3.17. The number of nitrogens with zero attached hydrogens (tertiary/aromatic N) is 2. The number of benzene rings is 1. The zero-order valence-corrected chi connectivity index (χ0v) is 14.4. The highest BCUT2D eigenvalue weighted by atomic mass is 16.6. The van der Waals surface area contributed by atoms with Crippen LogP contribution in [0, 0.1) is 11.8 Å². The molecule has 6 heteroatoms. The number of carbonyl (C=O) groups excluding carboxylic acids is 2. The van der Waals surface area contributed by atoms with Gasteiger partial charge in [0.05, 0.1) is 12.5 Å². The molecule has 1 heterocycles. The summed E-state index contributed by atoms with van der Waals surface area (Å²) in [5.41, 5.74) is 1.06. The Morgan fingerprint density at radius 2 is 2.04 bits per heavy atom. The third kappa shape index (κ3) is 4.07. The molecule has 3 rings (SSSR count). The van der Waals surface area contributed by atoms with Crippen molar-refractivity contribution in [2.24, 2.45) is 11.8 Å². The van der Waals surface area contributed by atoms with Crippen molar-refractivity contribution in [1.29, 1.82) is 0 Å². The summed E-state index contributed by atoms with van der Waals surface area (Å²) in [6.45, 7) is 4.45. The average molecular weight is 342 g/mol. The van der Waals surface area contributed by atoms with Crippen molar-refractivity contribution in [2.75, 3.05) is 6.61 Å². The number of hydrogen-bond donors (Lipinski definition) is 0. The van der Waals surface area contributed by atoms with Crippen LogP contribution in [0.1, 0.15) is 37.8 Å². The molecular formula is C19H22N2O4. The number of hydrogen-bond acceptors (Lipinski definition) is 5. The highest BCUT2D eigenvalue weighted by molar-refractivity contribution is 5.82. The topological polar surface area (TPSA) is 70.4 Å². The minimum absolute atomic E-state index is 0.130. The van der Waals surface area contributed by atoms with Crippen LogP contribution in [0.5, 0.6) is 0 Å². The molecule has 1 aromatic carbocycles. The maximum absolute atomic E-state index is 12.4. The lowest BCUT2D eigenvalue weighted by atomic mass is 10.2. The number of imidazole rings is 1. The van der Waals surface area contributed by atoms with Crippen molar-refractivity contribution in [2.45, 2.75) is 32.9 Å². The Morgan fingerprint density at radius 3 is 2.68 bits per heavy atom. The van der Waals surface area contributed by atoms with Crippen molar-refractivity contribution >= 4 is 11.9 Å². The van der Waals surface area contributed by atoms with E-state index in [0.29, 0.717) is 18.3 Å². The second-order valence-electron chi connectivity index (χ2n) is 6.29. The number of ether oxygens (including phenoxy) is 2. The summed E-state index contributed by atoms with van der Waals surface area (Å²) in [7, 11) is 0. The Kier molecular flexibility index (Phi) is 5.16. The molecule has 0 N–H and O–H groups in total.